The topological polar surface area (TPSA) is 125 Å². The summed E-state index contributed by atoms with van der Waals surface area (Å²) in [6, 6.07) is 0. The monoisotopic (exact) mass is 383 g/mol. The first kappa shape index (κ1) is 22.3. The maximum absolute atomic E-state index is 11.7. The van der Waals surface area contributed by atoms with Crippen LogP contribution in [0.25, 0.3) is 0 Å². The highest BCUT2D eigenvalue weighted by molar-refractivity contribution is 7.95. The molecule has 12 heteroatoms. The molecule has 0 aliphatic rings. The zero-order chi connectivity index (χ0) is 18.5. The SMILES string of the molecule is CCCN(CCC(=O)OCC)SN(C)C(=O)OSNC(=O)C(=O)O. The fourth-order valence-electron chi connectivity index (χ4n) is 1.29. The number of rotatable bonds is 10. The molecule has 0 unspecified atom stereocenters. The van der Waals surface area contributed by atoms with Crippen molar-refractivity contribution in [1.29, 1.82) is 0 Å². The molecule has 0 aromatic rings. The molecular weight excluding hydrogens is 362 g/mol. The lowest BCUT2D eigenvalue weighted by molar-refractivity contribution is -0.149. The molecule has 0 radical (unpaired) electrons. The van der Waals surface area contributed by atoms with Gasteiger partial charge in [-0.25, -0.2) is 18.2 Å². The van der Waals surface area contributed by atoms with Gasteiger partial charge in [0.2, 0.25) is 0 Å². The minimum absolute atomic E-state index is 0.188. The molecule has 10 nitrogen and oxygen atoms in total. The number of carbonyl (C=O) groups excluding carboxylic acids is 3. The number of hydrogen-bond donors (Lipinski definition) is 2. The van der Waals surface area contributed by atoms with Gasteiger partial charge in [-0.3, -0.25) is 14.3 Å². The van der Waals surface area contributed by atoms with Crippen molar-refractivity contribution in [2.45, 2.75) is 26.7 Å². The quantitative estimate of drug-likeness (QED) is 0.245. The number of hydrogen-bond acceptors (Lipinski definition) is 9. The predicted octanol–water partition coefficient (Wildman–Crippen LogP) is 1.05. The molecule has 0 saturated carbocycles. The van der Waals surface area contributed by atoms with E-state index in [4.69, 9.17) is 9.84 Å². The standard InChI is InChI=1S/C12H21N3O7S2/c1-4-7-15(8-6-9(16)21-5-2)24-14(3)12(20)22-23-13-10(17)11(18)19/h4-8H2,1-3H3,(H,13,17)(H,18,19). The Morgan fingerprint density at radius 3 is 2.38 bits per heavy atom. The Bertz CT molecular complexity index is 450. The van der Waals surface area contributed by atoms with Gasteiger partial charge in [0.15, 0.2) is 12.2 Å². The van der Waals surface area contributed by atoms with E-state index in [0.717, 1.165) is 22.9 Å². The Balaban J connectivity index is 4.26. The molecular formula is C12H21N3O7S2. The molecule has 0 saturated heterocycles. The molecule has 0 aliphatic heterocycles. The fraction of sp³-hybridized carbons (Fsp3) is 0.667. The first-order chi connectivity index (χ1) is 11.3. The summed E-state index contributed by atoms with van der Waals surface area (Å²) in [7, 11) is 1.44. The van der Waals surface area contributed by atoms with Crippen molar-refractivity contribution in [3.8, 4) is 0 Å². The van der Waals surface area contributed by atoms with Gasteiger partial charge in [0.1, 0.15) is 0 Å². The van der Waals surface area contributed by atoms with E-state index in [9.17, 15) is 19.2 Å². The van der Waals surface area contributed by atoms with Gasteiger partial charge in [0.25, 0.3) is 0 Å². The third-order valence-corrected chi connectivity index (χ3v) is 3.77. The van der Waals surface area contributed by atoms with Crippen LogP contribution in [0.4, 0.5) is 4.79 Å². The minimum atomic E-state index is -1.69. The van der Waals surface area contributed by atoms with Gasteiger partial charge in [-0.05, 0) is 13.3 Å². The molecule has 0 heterocycles. The van der Waals surface area contributed by atoms with Crippen LogP contribution >= 0.6 is 24.4 Å². The van der Waals surface area contributed by atoms with Crippen molar-refractivity contribution in [3.05, 3.63) is 0 Å². The lowest BCUT2D eigenvalue weighted by atomic mass is 10.4. The first-order valence-corrected chi connectivity index (χ1v) is 8.52. The Morgan fingerprint density at radius 2 is 1.83 bits per heavy atom. The van der Waals surface area contributed by atoms with E-state index in [1.807, 2.05) is 11.6 Å². The molecule has 0 fully saturated rings. The molecule has 0 atom stereocenters. The molecule has 0 rings (SSSR count). The van der Waals surface area contributed by atoms with Crippen LogP contribution in [0.5, 0.6) is 0 Å². The van der Waals surface area contributed by atoms with Gasteiger partial charge in [-0.15, -0.1) is 0 Å². The summed E-state index contributed by atoms with van der Waals surface area (Å²) < 4.78 is 14.3. The van der Waals surface area contributed by atoms with Crippen LogP contribution in [0.1, 0.15) is 26.7 Å². The Labute approximate surface area is 148 Å². The zero-order valence-electron chi connectivity index (χ0n) is 13.6. The summed E-state index contributed by atoms with van der Waals surface area (Å²) in [5, 5.41) is 8.35. The van der Waals surface area contributed by atoms with Crippen LogP contribution in [0.15, 0.2) is 0 Å². The second kappa shape index (κ2) is 12.7. The van der Waals surface area contributed by atoms with E-state index in [1.165, 1.54) is 7.05 Å². The van der Waals surface area contributed by atoms with Crippen LogP contribution < -0.4 is 4.72 Å². The fourth-order valence-corrected chi connectivity index (χ4v) is 2.61. The van der Waals surface area contributed by atoms with Crippen LogP contribution in [0, 0.1) is 0 Å². The maximum Gasteiger partial charge on any atom is 0.434 e. The number of carboxylic acid groups (broad SMARTS) is 1. The van der Waals surface area contributed by atoms with Crippen molar-refractivity contribution in [1.82, 2.24) is 13.3 Å². The molecule has 0 aliphatic carbocycles. The van der Waals surface area contributed by atoms with Crippen LogP contribution in [-0.4, -0.2) is 64.4 Å². The number of ether oxygens (including phenoxy) is 1. The highest BCUT2D eigenvalue weighted by Crippen LogP contribution is 2.18. The number of aliphatic carboxylic acids is 1. The smallest absolute Gasteiger partial charge is 0.434 e. The average molecular weight is 383 g/mol. The summed E-state index contributed by atoms with van der Waals surface area (Å²) in [6.45, 7) is 5.00. The Hall–Kier alpha value is -1.66. The molecule has 2 amide bonds. The van der Waals surface area contributed by atoms with E-state index in [0.29, 0.717) is 19.7 Å². The second-order valence-electron chi connectivity index (χ2n) is 4.23. The number of carbonyl (C=O) groups is 4. The highest BCUT2D eigenvalue weighted by Gasteiger charge is 2.19. The summed E-state index contributed by atoms with van der Waals surface area (Å²) in [5.41, 5.74) is 0. The molecule has 138 valence electrons. The minimum Gasteiger partial charge on any atom is -0.474 e. The number of nitrogens with one attached hydrogen (secondary N) is 1. The number of esters is 1. The molecule has 24 heavy (non-hydrogen) atoms. The third-order valence-electron chi connectivity index (χ3n) is 2.28. The Morgan fingerprint density at radius 1 is 1.17 bits per heavy atom. The lowest BCUT2D eigenvalue weighted by Crippen LogP contribution is -2.30. The van der Waals surface area contributed by atoms with Crippen molar-refractivity contribution in [2.75, 3.05) is 26.7 Å². The van der Waals surface area contributed by atoms with Gasteiger partial charge in [0.05, 0.1) is 13.0 Å². The molecule has 0 spiro atoms. The van der Waals surface area contributed by atoms with Crippen LogP contribution in [0.3, 0.4) is 0 Å². The summed E-state index contributed by atoms with van der Waals surface area (Å²) in [6.07, 6.45) is 0.197. The highest BCUT2D eigenvalue weighted by atomic mass is 32.2. The summed E-state index contributed by atoms with van der Waals surface area (Å²) in [4.78, 5) is 44.1. The summed E-state index contributed by atoms with van der Waals surface area (Å²) >= 11 is 1.26. The number of amides is 2. The van der Waals surface area contributed by atoms with Crippen molar-refractivity contribution in [2.24, 2.45) is 0 Å². The van der Waals surface area contributed by atoms with Gasteiger partial charge >= 0.3 is 23.9 Å². The van der Waals surface area contributed by atoms with E-state index in [1.54, 1.807) is 11.2 Å². The normalized spacial score (nSPS) is 10.2. The van der Waals surface area contributed by atoms with E-state index in [-0.39, 0.29) is 24.6 Å². The van der Waals surface area contributed by atoms with Gasteiger partial charge in [0, 0.05) is 32.3 Å². The first-order valence-electron chi connectivity index (χ1n) is 7.04. The molecule has 0 aromatic heterocycles. The van der Waals surface area contributed by atoms with Crippen molar-refractivity contribution in [3.63, 3.8) is 0 Å². The lowest BCUT2D eigenvalue weighted by Gasteiger charge is -2.24. The predicted molar refractivity (Wildman–Crippen MR) is 88.3 cm³/mol. The Kier molecular flexibility index (Phi) is 11.8. The molecule has 2 N–H and O–H groups in total. The summed E-state index contributed by atoms with van der Waals surface area (Å²) in [5.74, 6) is -3.31. The maximum atomic E-state index is 11.7. The van der Waals surface area contributed by atoms with Gasteiger partial charge in [-0.1, -0.05) is 6.92 Å². The van der Waals surface area contributed by atoms with Crippen LogP contribution in [0.2, 0.25) is 0 Å². The van der Waals surface area contributed by atoms with E-state index >= 15 is 0 Å². The van der Waals surface area contributed by atoms with E-state index in [2.05, 4.69) is 4.18 Å². The molecule has 0 bridgehead atoms. The van der Waals surface area contributed by atoms with Crippen LogP contribution in [-0.2, 0) is 23.3 Å². The number of carboxylic acids is 1. The molecule has 0 aromatic carbocycles. The average Bonchev–Trinajstić information content (AvgIpc) is 2.52. The second-order valence-corrected chi connectivity index (χ2v) is 6.00. The third kappa shape index (κ3) is 10.2. The number of nitrogens with zero attached hydrogens (tertiary/aromatic N) is 2. The van der Waals surface area contributed by atoms with Crippen molar-refractivity contribution < 1.29 is 33.2 Å². The van der Waals surface area contributed by atoms with Crippen molar-refractivity contribution >= 4 is 48.3 Å². The van der Waals surface area contributed by atoms with Gasteiger partial charge in [-0.2, -0.15) is 0 Å². The van der Waals surface area contributed by atoms with E-state index < -0.39 is 18.0 Å². The largest absolute Gasteiger partial charge is 0.474 e. The zero-order valence-corrected chi connectivity index (χ0v) is 15.3. The van der Waals surface area contributed by atoms with Gasteiger partial charge < -0.3 is 14.0 Å².